The number of amides is 2. The van der Waals surface area contributed by atoms with Crippen molar-refractivity contribution in [2.75, 3.05) is 14.1 Å². The van der Waals surface area contributed by atoms with Gasteiger partial charge in [-0.05, 0) is 31.5 Å². The number of nitrogens with one attached hydrogen (secondary N) is 1. The molecule has 0 aliphatic heterocycles. The molecule has 0 radical (unpaired) electrons. The Morgan fingerprint density at radius 1 is 1.22 bits per heavy atom. The van der Waals surface area contributed by atoms with Gasteiger partial charge in [-0.3, -0.25) is 14.3 Å². The predicted molar refractivity (Wildman–Crippen MR) is 88.3 cm³/mol. The number of aryl methyl sites for hydroxylation is 2. The molecule has 6 nitrogen and oxygen atoms in total. The summed E-state index contributed by atoms with van der Waals surface area (Å²) in [5, 5.41) is 6.87. The Hall–Kier alpha value is -2.63. The smallest absolute Gasteiger partial charge is 0.257 e. The Bertz CT molecular complexity index is 732. The summed E-state index contributed by atoms with van der Waals surface area (Å²) in [6.07, 6.45) is 0. The van der Waals surface area contributed by atoms with Gasteiger partial charge in [0.1, 0.15) is 0 Å². The van der Waals surface area contributed by atoms with Crippen molar-refractivity contribution in [3.8, 4) is 0 Å². The molecule has 23 heavy (non-hydrogen) atoms. The molecule has 0 aliphatic rings. The van der Waals surface area contributed by atoms with E-state index in [1.165, 1.54) is 0 Å². The number of nitrogens with zero attached hydrogens (tertiary/aromatic N) is 3. The SMILES string of the molecule is CNC(=O)c1ccc(CN(C)C(=O)c2c(C)nn(C)c2C)cc1. The summed E-state index contributed by atoms with van der Waals surface area (Å²) in [5.41, 5.74) is 3.81. The monoisotopic (exact) mass is 314 g/mol. The van der Waals surface area contributed by atoms with E-state index in [9.17, 15) is 9.59 Å². The van der Waals surface area contributed by atoms with E-state index in [-0.39, 0.29) is 11.8 Å². The van der Waals surface area contributed by atoms with Gasteiger partial charge < -0.3 is 10.2 Å². The van der Waals surface area contributed by atoms with Crippen molar-refractivity contribution in [2.45, 2.75) is 20.4 Å². The summed E-state index contributed by atoms with van der Waals surface area (Å²) in [6.45, 7) is 4.20. The van der Waals surface area contributed by atoms with Gasteiger partial charge in [0.25, 0.3) is 11.8 Å². The van der Waals surface area contributed by atoms with Gasteiger partial charge in [-0.2, -0.15) is 5.10 Å². The molecule has 2 aromatic rings. The minimum absolute atomic E-state index is 0.0523. The topological polar surface area (TPSA) is 67.2 Å². The first kappa shape index (κ1) is 16.7. The summed E-state index contributed by atoms with van der Waals surface area (Å²) in [6, 6.07) is 7.23. The molecule has 0 unspecified atom stereocenters. The van der Waals surface area contributed by atoms with Crippen LogP contribution >= 0.6 is 0 Å². The molecule has 6 heteroatoms. The molecule has 0 saturated carbocycles. The van der Waals surface area contributed by atoms with E-state index in [0.29, 0.717) is 17.7 Å². The lowest BCUT2D eigenvalue weighted by Crippen LogP contribution is -2.27. The van der Waals surface area contributed by atoms with E-state index >= 15 is 0 Å². The van der Waals surface area contributed by atoms with Crippen LogP contribution in [0.3, 0.4) is 0 Å². The van der Waals surface area contributed by atoms with Crippen molar-refractivity contribution in [1.29, 1.82) is 0 Å². The number of aromatic nitrogens is 2. The largest absolute Gasteiger partial charge is 0.355 e. The fourth-order valence-electron chi connectivity index (χ4n) is 2.53. The molecule has 1 aromatic heterocycles. The summed E-state index contributed by atoms with van der Waals surface area (Å²) in [4.78, 5) is 25.8. The van der Waals surface area contributed by atoms with E-state index in [0.717, 1.165) is 17.0 Å². The highest BCUT2D eigenvalue weighted by atomic mass is 16.2. The average molecular weight is 314 g/mol. The van der Waals surface area contributed by atoms with Gasteiger partial charge in [0.05, 0.1) is 11.3 Å². The van der Waals surface area contributed by atoms with E-state index in [4.69, 9.17) is 0 Å². The highest BCUT2D eigenvalue weighted by Crippen LogP contribution is 2.16. The second kappa shape index (κ2) is 6.64. The molecule has 2 rings (SSSR count). The van der Waals surface area contributed by atoms with Crippen molar-refractivity contribution >= 4 is 11.8 Å². The fraction of sp³-hybridized carbons (Fsp3) is 0.353. The maximum Gasteiger partial charge on any atom is 0.257 e. The fourth-order valence-corrected chi connectivity index (χ4v) is 2.53. The molecular formula is C17H22N4O2. The number of carbonyl (C=O) groups is 2. The van der Waals surface area contributed by atoms with Crippen molar-refractivity contribution in [1.82, 2.24) is 20.0 Å². The first-order chi connectivity index (χ1) is 10.8. The Morgan fingerprint density at radius 3 is 2.30 bits per heavy atom. The molecule has 1 N–H and O–H groups in total. The van der Waals surface area contributed by atoms with Crippen LogP contribution in [0.15, 0.2) is 24.3 Å². The number of carbonyl (C=O) groups excluding carboxylic acids is 2. The minimum Gasteiger partial charge on any atom is -0.355 e. The van der Waals surface area contributed by atoms with Gasteiger partial charge in [-0.15, -0.1) is 0 Å². The third-order valence-electron chi connectivity index (χ3n) is 3.93. The predicted octanol–water partition coefficient (Wildman–Crippen LogP) is 1.67. The Morgan fingerprint density at radius 2 is 1.83 bits per heavy atom. The first-order valence-electron chi connectivity index (χ1n) is 7.41. The molecule has 0 spiro atoms. The van der Waals surface area contributed by atoms with Gasteiger partial charge in [0.15, 0.2) is 0 Å². The highest BCUT2D eigenvalue weighted by molar-refractivity contribution is 5.96. The maximum atomic E-state index is 12.6. The lowest BCUT2D eigenvalue weighted by atomic mass is 10.1. The van der Waals surface area contributed by atoms with Crippen LogP contribution in [-0.2, 0) is 13.6 Å². The lowest BCUT2D eigenvalue weighted by molar-refractivity contribution is 0.0783. The highest BCUT2D eigenvalue weighted by Gasteiger charge is 2.20. The number of hydrogen-bond acceptors (Lipinski definition) is 3. The summed E-state index contributed by atoms with van der Waals surface area (Å²) >= 11 is 0. The molecule has 1 heterocycles. The molecule has 122 valence electrons. The number of hydrogen-bond donors (Lipinski definition) is 1. The van der Waals surface area contributed by atoms with Crippen molar-refractivity contribution in [3.05, 3.63) is 52.3 Å². The van der Waals surface area contributed by atoms with Crippen LogP contribution < -0.4 is 5.32 Å². The van der Waals surface area contributed by atoms with E-state index in [1.807, 2.05) is 33.0 Å². The van der Waals surface area contributed by atoms with E-state index in [1.54, 1.807) is 35.8 Å². The molecule has 0 bridgehead atoms. The summed E-state index contributed by atoms with van der Waals surface area (Å²) in [7, 11) is 5.19. The maximum absolute atomic E-state index is 12.6. The molecule has 0 atom stereocenters. The zero-order valence-corrected chi connectivity index (χ0v) is 14.2. The third kappa shape index (κ3) is 3.41. The van der Waals surface area contributed by atoms with Crippen LogP contribution in [0.4, 0.5) is 0 Å². The lowest BCUT2D eigenvalue weighted by Gasteiger charge is -2.17. The molecule has 0 aliphatic carbocycles. The molecule has 0 saturated heterocycles. The molecule has 0 fully saturated rings. The van der Waals surface area contributed by atoms with E-state index in [2.05, 4.69) is 10.4 Å². The Balaban J connectivity index is 2.13. The van der Waals surface area contributed by atoms with Crippen molar-refractivity contribution in [2.24, 2.45) is 7.05 Å². The van der Waals surface area contributed by atoms with Crippen LogP contribution in [0.2, 0.25) is 0 Å². The van der Waals surface area contributed by atoms with Crippen LogP contribution in [0, 0.1) is 13.8 Å². The number of rotatable bonds is 4. The van der Waals surface area contributed by atoms with Crippen LogP contribution in [0.1, 0.15) is 37.7 Å². The second-order valence-electron chi connectivity index (χ2n) is 5.61. The van der Waals surface area contributed by atoms with Gasteiger partial charge in [0, 0.05) is 38.9 Å². The van der Waals surface area contributed by atoms with Crippen molar-refractivity contribution in [3.63, 3.8) is 0 Å². The Labute approximate surface area is 136 Å². The third-order valence-corrected chi connectivity index (χ3v) is 3.93. The zero-order chi connectivity index (χ0) is 17.1. The molecule has 1 aromatic carbocycles. The summed E-state index contributed by atoms with van der Waals surface area (Å²) in [5.74, 6) is -0.175. The van der Waals surface area contributed by atoms with Gasteiger partial charge in [-0.1, -0.05) is 12.1 Å². The van der Waals surface area contributed by atoms with Gasteiger partial charge in [0.2, 0.25) is 0 Å². The average Bonchev–Trinajstić information content (AvgIpc) is 2.79. The quantitative estimate of drug-likeness (QED) is 0.933. The van der Waals surface area contributed by atoms with Crippen LogP contribution in [-0.4, -0.2) is 40.6 Å². The molecular weight excluding hydrogens is 292 g/mol. The Kier molecular flexibility index (Phi) is 4.83. The van der Waals surface area contributed by atoms with Crippen LogP contribution in [0.25, 0.3) is 0 Å². The second-order valence-corrected chi connectivity index (χ2v) is 5.61. The summed E-state index contributed by atoms with van der Waals surface area (Å²) < 4.78 is 1.72. The molecule has 2 amide bonds. The standard InChI is InChI=1S/C17H22N4O2/c1-11-15(12(2)21(5)19-11)17(23)20(4)10-13-6-8-14(9-7-13)16(22)18-3/h6-9H,10H2,1-5H3,(H,18,22). The number of benzene rings is 1. The zero-order valence-electron chi connectivity index (χ0n) is 14.2. The van der Waals surface area contributed by atoms with Gasteiger partial charge >= 0.3 is 0 Å². The van der Waals surface area contributed by atoms with E-state index < -0.39 is 0 Å². The van der Waals surface area contributed by atoms with Gasteiger partial charge in [-0.25, -0.2) is 0 Å². The minimum atomic E-state index is -0.123. The first-order valence-corrected chi connectivity index (χ1v) is 7.41. The van der Waals surface area contributed by atoms with Crippen molar-refractivity contribution < 1.29 is 9.59 Å². The van der Waals surface area contributed by atoms with Crippen LogP contribution in [0.5, 0.6) is 0 Å². The normalized spacial score (nSPS) is 10.5.